The second-order valence-corrected chi connectivity index (χ2v) is 7.12. The molecule has 0 unspecified atom stereocenters. The van der Waals surface area contributed by atoms with Crippen molar-refractivity contribution in [2.75, 3.05) is 18.4 Å². The molecular weight excluding hydrogens is 377 g/mol. The topological polar surface area (TPSA) is 32.3 Å². The van der Waals surface area contributed by atoms with E-state index in [2.05, 4.69) is 22.3 Å². The number of carbonyl (C=O) groups excluding carboxylic acids is 1. The SMILES string of the molecule is O=C(Nc1ccc(Cl)c(C(F)(F)F)c1)C1CCN(Cc2ccccc2)CC1. The first-order chi connectivity index (χ1) is 12.8. The van der Waals surface area contributed by atoms with Crippen LogP contribution in [-0.4, -0.2) is 23.9 Å². The molecule has 0 bridgehead atoms. The molecule has 1 fully saturated rings. The highest BCUT2D eigenvalue weighted by molar-refractivity contribution is 6.31. The van der Waals surface area contributed by atoms with Gasteiger partial charge in [-0.15, -0.1) is 0 Å². The lowest BCUT2D eigenvalue weighted by Crippen LogP contribution is -2.37. The molecule has 1 heterocycles. The summed E-state index contributed by atoms with van der Waals surface area (Å²) >= 11 is 5.61. The number of halogens is 4. The summed E-state index contributed by atoms with van der Waals surface area (Å²) in [7, 11) is 0. The second-order valence-electron chi connectivity index (χ2n) is 6.72. The Bertz CT molecular complexity index is 788. The fourth-order valence-electron chi connectivity index (χ4n) is 3.26. The molecule has 1 saturated heterocycles. The molecule has 0 atom stereocenters. The third kappa shape index (κ3) is 5.23. The Kier molecular flexibility index (Phi) is 6.07. The minimum absolute atomic E-state index is 0.114. The number of alkyl halides is 3. The van der Waals surface area contributed by atoms with Crippen molar-refractivity contribution in [3.8, 4) is 0 Å². The molecule has 2 aromatic rings. The Morgan fingerprint density at radius 2 is 1.78 bits per heavy atom. The first kappa shape index (κ1) is 19.7. The summed E-state index contributed by atoms with van der Waals surface area (Å²) in [5.41, 5.74) is 0.393. The fourth-order valence-corrected chi connectivity index (χ4v) is 3.48. The number of hydrogen-bond acceptors (Lipinski definition) is 2. The third-order valence-electron chi connectivity index (χ3n) is 4.75. The van der Waals surface area contributed by atoms with Crippen molar-refractivity contribution in [3.63, 3.8) is 0 Å². The first-order valence-corrected chi connectivity index (χ1v) is 9.14. The molecular formula is C20H20ClF3N2O. The van der Waals surface area contributed by atoms with Crippen molar-refractivity contribution in [1.29, 1.82) is 0 Å². The van der Waals surface area contributed by atoms with Gasteiger partial charge in [-0.05, 0) is 49.7 Å². The summed E-state index contributed by atoms with van der Waals surface area (Å²) in [5.74, 6) is -0.452. The smallest absolute Gasteiger partial charge is 0.326 e. The number of benzene rings is 2. The van der Waals surface area contributed by atoms with Crippen LogP contribution in [0, 0.1) is 5.92 Å². The van der Waals surface area contributed by atoms with Crippen molar-refractivity contribution in [3.05, 3.63) is 64.7 Å². The molecule has 0 aromatic heterocycles. The Morgan fingerprint density at radius 1 is 1.11 bits per heavy atom. The van der Waals surface area contributed by atoms with Gasteiger partial charge in [0.2, 0.25) is 5.91 Å². The van der Waals surface area contributed by atoms with E-state index in [0.717, 1.165) is 31.8 Å². The van der Waals surface area contributed by atoms with E-state index < -0.39 is 11.7 Å². The van der Waals surface area contributed by atoms with Crippen molar-refractivity contribution < 1.29 is 18.0 Å². The van der Waals surface area contributed by atoms with E-state index >= 15 is 0 Å². The number of carbonyl (C=O) groups is 1. The highest BCUT2D eigenvalue weighted by atomic mass is 35.5. The Morgan fingerprint density at radius 3 is 2.41 bits per heavy atom. The normalized spacial score (nSPS) is 16.3. The van der Waals surface area contributed by atoms with Crippen molar-refractivity contribution >= 4 is 23.2 Å². The average Bonchev–Trinajstić information content (AvgIpc) is 2.64. The third-order valence-corrected chi connectivity index (χ3v) is 5.08. The van der Waals surface area contributed by atoms with Gasteiger partial charge in [0.1, 0.15) is 0 Å². The molecule has 27 heavy (non-hydrogen) atoms. The monoisotopic (exact) mass is 396 g/mol. The van der Waals surface area contributed by atoms with E-state index in [4.69, 9.17) is 11.6 Å². The van der Waals surface area contributed by atoms with Crippen LogP contribution in [0.2, 0.25) is 5.02 Å². The summed E-state index contributed by atoms with van der Waals surface area (Å²) in [6.07, 6.45) is -3.20. The van der Waals surface area contributed by atoms with Gasteiger partial charge >= 0.3 is 6.18 Å². The van der Waals surface area contributed by atoms with Crippen LogP contribution >= 0.6 is 11.6 Å². The van der Waals surface area contributed by atoms with E-state index in [1.807, 2.05) is 18.2 Å². The van der Waals surface area contributed by atoms with Crippen LogP contribution in [0.25, 0.3) is 0 Å². The molecule has 0 spiro atoms. The Labute approximate surface area is 161 Å². The first-order valence-electron chi connectivity index (χ1n) is 8.77. The number of nitrogens with one attached hydrogen (secondary N) is 1. The lowest BCUT2D eigenvalue weighted by Gasteiger charge is -2.31. The average molecular weight is 397 g/mol. The molecule has 1 N–H and O–H groups in total. The zero-order valence-corrected chi connectivity index (χ0v) is 15.4. The predicted molar refractivity (Wildman–Crippen MR) is 99.5 cm³/mol. The highest BCUT2D eigenvalue weighted by Gasteiger charge is 2.33. The molecule has 2 aromatic carbocycles. The predicted octanol–water partition coefficient (Wildman–Crippen LogP) is 5.21. The van der Waals surface area contributed by atoms with Gasteiger partial charge in [-0.3, -0.25) is 9.69 Å². The number of amides is 1. The second kappa shape index (κ2) is 8.31. The van der Waals surface area contributed by atoms with E-state index in [1.165, 1.54) is 11.6 Å². The number of piperidine rings is 1. The number of anilines is 1. The van der Waals surface area contributed by atoms with Crippen LogP contribution < -0.4 is 5.32 Å². The van der Waals surface area contributed by atoms with Crippen molar-refractivity contribution in [2.45, 2.75) is 25.6 Å². The molecule has 7 heteroatoms. The van der Waals surface area contributed by atoms with Gasteiger partial charge in [0.25, 0.3) is 0 Å². The van der Waals surface area contributed by atoms with E-state index in [9.17, 15) is 18.0 Å². The van der Waals surface area contributed by atoms with Crippen LogP contribution in [0.3, 0.4) is 0 Å². The summed E-state index contributed by atoms with van der Waals surface area (Å²) in [4.78, 5) is 14.7. The van der Waals surface area contributed by atoms with Crippen molar-refractivity contribution in [1.82, 2.24) is 4.90 Å². The minimum Gasteiger partial charge on any atom is -0.326 e. The van der Waals surface area contributed by atoms with Crippen LogP contribution in [-0.2, 0) is 17.5 Å². The van der Waals surface area contributed by atoms with Crippen LogP contribution in [0.15, 0.2) is 48.5 Å². The zero-order chi connectivity index (χ0) is 19.4. The molecule has 1 aliphatic heterocycles. The summed E-state index contributed by atoms with van der Waals surface area (Å²) in [6, 6.07) is 13.5. The van der Waals surface area contributed by atoms with E-state index in [0.29, 0.717) is 12.8 Å². The summed E-state index contributed by atoms with van der Waals surface area (Å²) in [6.45, 7) is 2.39. The minimum atomic E-state index is -4.55. The Hall–Kier alpha value is -2.05. The number of likely N-dealkylation sites (tertiary alicyclic amines) is 1. The van der Waals surface area contributed by atoms with Crippen LogP contribution in [0.1, 0.15) is 24.0 Å². The molecule has 0 aliphatic carbocycles. The van der Waals surface area contributed by atoms with Gasteiger partial charge in [-0.25, -0.2) is 0 Å². The molecule has 1 aliphatic rings. The highest BCUT2D eigenvalue weighted by Crippen LogP contribution is 2.36. The largest absolute Gasteiger partial charge is 0.417 e. The number of rotatable bonds is 4. The standard InChI is InChI=1S/C20H20ClF3N2O/c21-18-7-6-16(12-17(18)20(22,23)24)25-19(27)15-8-10-26(11-9-15)13-14-4-2-1-3-5-14/h1-7,12,15H,8-11,13H2,(H,25,27). The summed E-state index contributed by atoms with van der Waals surface area (Å²) in [5, 5.41) is 2.22. The maximum absolute atomic E-state index is 12.9. The van der Waals surface area contributed by atoms with Crippen LogP contribution in [0.4, 0.5) is 18.9 Å². The lowest BCUT2D eigenvalue weighted by molar-refractivity contribution is -0.137. The molecule has 0 radical (unpaired) electrons. The van der Waals surface area contributed by atoms with E-state index in [-0.39, 0.29) is 22.5 Å². The molecule has 3 nitrogen and oxygen atoms in total. The quantitative estimate of drug-likeness (QED) is 0.769. The number of hydrogen-bond donors (Lipinski definition) is 1. The number of nitrogens with zero attached hydrogens (tertiary/aromatic N) is 1. The maximum atomic E-state index is 12.9. The molecule has 3 rings (SSSR count). The van der Waals surface area contributed by atoms with Gasteiger partial charge in [-0.2, -0.15) is 13.2 Å². The van der Waals surface area contributed by atoms with E-state index in [1.54, 1.807) is 0 Å². The van der Waals surface area contributed by atoms with Gasteiger partial charge in [0, 0.05) is 18.2 Å². The van der Waals surface area contributed by atoms with Gasteiger partial charge < -0.3 is 5.32 Å². The maximum Gasteiger partial charge on any atom is 0.417 e. The van der Waals surface area contributed by atoms with Gasteiger partial charge in [-0.1, -0.05) is 41.9 Å². The summed E-state index contributed by atoms with van der Waals surface area (Å²) < 4.78 is 38.8. The molecule has 1 amide bonds. The van der Waals surface area contributed by atoms with Gasteiger partial charge in [0.15, 0.2) is 0 Å². The molecule has 0 saturated carbocycles. The fraction of sp³-hybridized carbons (Fsp3) is 0.350. The molecule has 144 valence electrons. The van der Waals surface area contributed by atoms with Crippen LogP contribution in [0.5, 0.6) is 0 Å². The Balaban J connectivity index is 1.55. The zero-order valence-electron chi connectivity index (χ0n) is 14.6. The lowest BCUT2D eigenvalue weighted by atomic mass is 9.95. The van der Waals surface area contributed by atoms with Gasteiger partial charge in [0.05, 0.1) is 10.6 Å². The van der Waals surface area contributed by atoms with Crippen molar-refractivity contribution in [2.24, 2.45) is 5.92 Å².